The topological polar surface area (TPSA) is 67.1 Å². The molecule has 2 aliphatic rings. The maximum Gasteiger partial charge on any atom is 0.222 e. The molecule has 0 amide bonds. The van der Waals surface area contributed by atoms with Crippen molar-refractivity contribution in [3.8, 4) is 11.3 Å². The number of aryl methyl sites for hydroxylation is 1. The molecule has 1 saturated heterocycles. The maximum atomic E-state index is 6.11. The van der Waals surface area contributed by atoms with Crippen molar-refractivity contribution in [1.29, 1.82) is 0 Å². The number of nitrogen functional groups attached to an aromatic ring is 1. The largest absolute Gasteiger partial charge is 0.368 e. The second-order valence-corrected chi connectivity index (χ2v) is 7.15. The summed E-state index contributed by atoms with van der Waals surface area (Å²) < 4.78 is 0. The Morgan fingerprint density at radius 2 is 2.12 bits per heavy atom. The summed E-state index contributed by atoms with van der Waals surface area (Å²) in [7, 11) is 0. The van der Waals surface area contributed by atoms with Gasteiger partial charge >= 0.3 is 0 Å². The van der Waals surface area contributed by atoms with Crippen LogP contribution in [0, 0.1) is 5.92 Å². The summed E-state index contributed by atoms with van der Waals surface area (Å²) in [5.41, 5.74) is 11.0. The van der Waals surface area contributed by atoms with Gasteiger partial charge in [-0.25, -0.2) is 4.98 Å². The number of benzene rings is 1. The van der Waals surface area contributed by atoms with Crippen LogP contribution in [0.5, 0.6) is 0 Å². The number of hydrogen-bond donors (Lipinski definition) is 2. The molecule has 2 heterocycles. The van der Waals surface area contributed by atoms with Crippen molar-refractivity contribution in [3.05, 3.63) is 35.4 Å². The molecule has 25 heavy (non-hydrogen) atoms. The lowest BCUT2D eigenvalue weighted by atomic mass is 10.0. The van der Waals surface area contributed by atoms with Gasteiger partial charge in [0.2, 0.25) is 5.95 Å². The third-order valence-electron chi connectivity index (χ3n) is 5.42. The van der Waals surface area contributed by atoms with Crippen LogP contribution in [-0.4, -0.2) is 36.1 Å². The van der Waals surface area contributed by atoms with Gasteiger partial charge in [0.15, 0.2) is 0 Å². The van der Waals surface area contributed by atoms with E-state index in [4.69, 9.17) is 5.73 Å². The summed E-state index contributed by atoms with van der Waals surface area (Å²) in [6.45, 7) is 6.38. The minimum absolute atomic E-state index is 0.389. The molecule has 5 heteroatoms. The second kappa shape index (κ2) is 7.00. The van der Waals surface area contributed by atoms with E-state index in [1.54, 1.807) is 0 Å². The highest BCUT2D eigenvalue weighted by Crippen LogP contribution is 2.37. The smallest absolute Gasteiger partial charge is 0.222 e. The molecule has 1 aromatic carbocycles. The SMILES string of the molecule is CCNCC1CCN(c2nc(N)nc3c2CCCc2ccccc2-3)C1. The summed E-state index contributed by atoms with van der Waals surface area (Å²) >= 11 is 0. The second-order valence-electron chi connectivity index (χ2n) is 7.15. The molecule has 132 valence electrons. The van der Waals surface area contributed by atoms with Gasteiger partial charge in [-0.1, -0.05) is 31.2 Å². The maximum absolute atomic E-state index is 6.11. The Balaban J connectivity index is 1.71. The van der Waals surface area contributed by atoms with Crippen molar-refractivity contribution in [1.82, 2.24) is 15.3 Å². The fraction of sp³-hybridized carbons (Fsp3) is 0.500. The Hall–Kier alpha value is -2.14. The van der Waals surface area contributed by atoms with Crippen molar-refractivity contribution in [2.45, 2.75) is 32.6 Å². The number of anilines is 2. The molecular formula is C20H27N5. The molecule has 1 aliphatic carbocycles. The zero-order chi connectivity index (χ0) is 17.2. The fourth-order valence-corrected chi connectivity index (χ4v) is 4.17. The third-order valence-corrected chi connectivity index (χ3v) is 5.42. The quantitative estimate of drug-likeness (QED) is 0.898. The molecule has 4 rings (SSSR count). The Morgan fingerprint density at radius 3 is 3.00 bits per heavy atom. The Kier molecular flexibility index (Phi) is 4.57. The lowest BCUT2D eigenvalue weighted by molar-refractivity contribution is 0.527. The van der Waals surface area contributed by atoms with Gasteiger partial charge in [0.25, 0.3) is 0 Å². The lowest BCUT2D eigenvalue weighted by Crippen LogP contribution is -2.27. The first-order valence-corrected chi connectivity index (χ1v) is 9.46. The van der Waals surface area contributed by atoms with Crippen molar-refractivity contribution >= 4 is 11.8 Å². The Labute approximate surface area is 149 Å². The molecule has 0 saturated carbocycles. The number of nitrogens with two attached hydrogens (primary N) is 1. The van der Waals surface area contributed by atoms with E-state index < -0.39 is 0 Å². The van der Waals surface area contributed by atoms with Crippen LogP contribution in [0.2, 0.25) is 0 Å². The normalized spacial score (nSPS) is 19.4. The first-order valence-electron chi connectivity index (χ1n) is 9.46. The highest BCUT2D eigenvalue weighted by Gasteiger charge is 2.28. The molecular weight excluding hydrogens is 310 g/mol. The first-order chi connectivity index (χ1) is 12.3. The van der Waals surface area contributed by atoms with Crippen molar-refractivity contribution in [2.24, 2.45) is 5.92 Å². The summed E-state index contributed by atoms with van der Waals surface area (Å²) in [5.74, 6) is 2.14. The predicted molar refractivity (Wildman–Crippen MR) is 103 cm³/mol. The van der Waals surface area contributed by atoms with Gasteiger partial charge in [-0.2, -0.15) is 4.98 Å². The summed E-state index contributed by atoms with van der Waals surface area (Å²) in [6, 6.07) is 8.59. The molecule has 1 fully saturated rings. The van der Waals surface area contributed by atoms with E-state index in [1.807, 2.05) is 0 Å². The monoisotopic (exact) mass is 337 g/mol. The van der Waals surface area contributed by atoms with E-state index in [0.717, 1.165) is 57.0 Å². The van der Waals surface area contributed by atoms with Gasteiger partial charge in [-0.05, 0) is 50.3 Å². The van der Waals surface area contributed by atoms with Crippen LogP contribution in [0.3, 0.4) is 0 Å². The predicted octanol–water partition coefficient (Wildman–Crippen LogP) is 2.65. The third kappa shape index (κ3) is 3.21. The molecule has 1 aliphatic heterocycles. The molecule has 0 spiro atoms. The van der Waals surface area contributed by atoms with E-state index in [1.165, 1.54) is 23.1 Å². The van der Waals surface area contributed by atoms with Crippen LogP contribution >= 0.6 is 0 Å². The van der Waals surface area contributed by atoms with E-state index in [-0.39, 0.29) is 0 Å². The average Bonchev–Trinajstić information content (AvgIpc) is 3.02. The summed E-state index contributed by atoms with van der Waals surface area (Å²) in [4.78, 5) is 11.7. The molecule has 1 unspecified atom stereocenters. The molecule has 1 aromatic heterocycles. The average molecular weight is 337 g/mol. The number of fused-ring (bicyclic) bond motifs is 3. The molecule has 1 atom stereocenters. The zero-order valence-electron chi connectivity index (χ0n) is 15.0. The number of hydrogen-bond acceptors (Lipinski definition) is 5. The van der Waals surface area contributed by atoms with E-state index >= 15 is 0 Å². The van der Waals surface area contributed by atoms with E-state index in [9.17, 15) is 0 Å². The standard InChI is InChI=1S/C20H27N5/c1-2-22-12-14-10-11-25(13-14)19-17-9-5-7-15-6-3-4-8-16(15)18(17)23-20(21)24-19/h3-4,6,8,14,22H,2,5,7,9-13H2,1H3,(H2,21,23,24). The van der Waals surface area contributed by atoms with Crippen LogP contribution < -0.4 is 16.0 Å². The minimum Gasteiger partial charge on any atom is -0.368 e. The highest BCUT2D eigenvalue weighted by molar-refractivity contribution is 5.74. The Bertz CT molecular complexity index is 758. The number of rotatable bonds is 4. The number of aromatic nitrogens is 2. The van der Waals surface area contributed by atoms with Crippen molar-refractivity contribution in [2.75, 3.05) is 36.8 Å². The molecule has 5 nitrogen and oxygen atoms in total. The molecule has 0 radical (unpaired) electrons. The van der Waals surface area contributed by atoms with Crippen LogP contribution in [0.25, 0.3) is 11.3 Å². The van der Waals surface area contributed by atoms with Crippen LogP contribution in [0.4, 0.5) is 11.8 Å². The zero-order valence-corrected chi connectivity index (χ0v) is 15.0. The van der Waals surface area contributed by atoms with Gasteiger partial charge < -0.3 is 16.0 Å². The van der Waals surface area contributed by atoms with Gasteiger partial charge in [0, 0.05) is 24.2 Å². The molecule has 0 bridgehead atoms. The van der Waals surface area contributed by atoms with Gasteiger partial charge in [-0.15, -0.1) is 0 Å². The van der Waals surface area contributed by atoms with Crippen LogP contribution in [-0.2, 0) is 12.8 Å². The minimum atomic E-state index is 0.389. The summed E-state index contributed by atoms with van der Waals surface area (Å²) in [5, 5.41) is 3.47. The fourth-order valence-electron chi connectivity index (χ4n) is 4.17. The van der Waals surface area contributed by atoms with Crippen molar-refractivity contribution in [3.63, 3.8) is 0 Å². The van der Waals surface area contributed by atoms with Gasteiger partial charge in [0.05, 0.1) is 5.69 Å². The number of nitrogens with one attached hydrogen (secondary N) is 1. The van der Waals surface area contributed by atoms with Crippen LogP contribution in [0.15, 0.2) is 24.3 Å². The van der Waals surface area contributed by atoms with E-state index in [2.05, 4.69) is 51.4 Å². The van der Waals surface area contributed by atoms with Crippen molar-refractivity contribution < 1.29 is 0 Å². The summed E-state index contributed by atoms with van der Waals surface area (Å²) in [6.07, 6.45) is 4.46. The number of nitrogens with zero attached hydrogens (tertiary/aromatic N) is 3. The van der Waals surface area contributed by atoms with Gasteiger partial charge in [0.1, 0.15) is 5.82 Å². The molecule has 3 N–H and O–H groups in total. The lowest BCUT2D eigenvalue weighted by Gasteiger charge is -2.22. The first kappa shape index (κ1) is 16.3. The van der Waals surface area contributed by atoms with Crippen LogP contribution in [0.1, 0.15) is 30.9 Å². The van der Waals surface area contributed by atoms with E-state index in [0.29, 0.717) is 11.9 Å². The Morgan fingerprint density at radius 1 is 1.24 bits per heavy atom. The molecule has 2 aromatic rings. The van der Waals surface area contributed by atoms with Gasteiger partial charge in [-0.3, -0.25) is 0 Å². The highest BCUT2D eigenvalue weighted by atomic mass is 15.2.